The smallest absolute Gasteiger partial charge is 0.126 e. The van der Waals surface area contributed by atoms with Gasteiger partial charge in [-0.25, -0.2) is 4.39 Å². The van der Waals surface area contributed by atoms with E-state index in [1.807, 2.05) is 6.07 Å². The number of rotatable bonds is 2. The lowest BCUT2D eigenvalue weighted by Gasteiger charge is -2.32. The minimum atomic E-state index is -0.332. The maximum Gasteiger partial charge on any atom is 0.126 e. The molecule has 0 bridgehead atoms. The molecule has 4 heteroatoms. The fourth-order valence-electron chi connectivity index (χ4n) is 2.74. The third-order valence-electron chi connectivity index (χ3n) is 3.72. The second-order valence-corrected chi connectivity index (χ2v) is 5.18. The monoisotopic (exact) mass is 261 g/mol. The Labute approximate surface area is 114 Å². The molecule has 1 aliphatic heterocycles. The molecule has 1 aromatic carbocycles. The molecule has 1 aliphatic rings. The Bertz CT molecular complexity index is 481. The lowest BCUT2D eigenvalue weighted by molar-refractivity contribution is 0.328. The SMILES string of the molecule is CCC1CN(C)CCCN1c1cc(F)cc(C#N)c1. The van der Waals surface area contributed by atoms with Gasteiger partial charge in [0.25, 0.3) is 0 Å². The van der Waals surface area contributed by atoms with Crippen LogP contribution in [0.3, 0.4) is 0 Å². The first kappa shape index (κ1) is 13.8. The van der Waals surface area contributed by atoms with Crippen LogP contribution in [0, 0.1) is 17.1 Å². The highest BCUT2D eigenvalue weighted by Gasteiger charge is 2.22. The van der Waals surface area contributed by atoms with Crippen molar-refractivity contribution >= 4 is 5.69 Å². The average Bonchev–Trinajstić information content (AvgIpc) is 2.59. The summed E-state index contributed by atoms with van der Waals surface area (Å²) < 4.78 is 13.6. The van der Waals surface area contributed by atoms with Crippen molar-refractivity contribution < 1.29 is 4.39 Å². The van der Waals surface area contributed by atoms with Crippen LogP contribution in [-0.2, 0) is 0 Å². The first-order valence-electron chi connectivity index (χ1n) is 6.80. The van der Waals surface area contributed by atoms with Gasteiger partial charge >= 0.3 is 0 Å². The second-order valence-electron chi connectivity index (χ2n) is 5.18. The van der Waals surface area contributed by atoms with Gasteiger partial charge in [-0.2, -0.15) is 5.26 Å². The number of hydrogen-bond acceptors (Lipinski definition) is 3. The van der Waals surface area contributed by atoms with E-state index in [-0.39, 0.29) is 5.82 Å². The van der Waals surface area contributed by atoms with E-state index in [0.717, 1.165) is 38.2 Å². The summed E-state index contributed by atoms with van der Waals surface area (Å²) in [6, 6.07) is 7.01. The molecule has 1 fully saturated rings. The molecule has 1 atom stereocenters. The number of likely N-dealkylation sites (N-methyl/N-ethyl adjacent to an activating group) is 1. The van der Waals surface area contributed by atoms with Crippen LogP contribution in [0.1, 0.15) is 25.3 Å². The third kappa shape index (κ3) is 3.24. The van der Waals surface area contributed by atoms with E-state index in [4.69, 9.17) is 5.26 Å². The molecule has 1 heterocycles. The van der Waals surface area contributed by atoms with Gasteiger partial charge in [-0.15, -0.1) is 0 Å². The van der Waals surface area contributed by atoms with E-state index < -0.39 is 0 Å². The van der Waals surface area contributed by atoms with Crippen LogP contribution in [0.5, 0.6) is 0 Å². The number of benzene rings is 1. The van der Waals surface area contributed by atoms with E-state index in [1.54, 1.807) is 6.07 Å². The van der Waals surface area contributed by atoms with Crippen molar-refractivity contribution in [3.63, 3.8) is 0 Å². The Hall–Kier alpha value is -1.60. The zero-order valence-corrected chi connectivity index (χ0v) is 11.6. The van der Waals surface area contributed by atoms with Gasteiger partial charge in [0.1, 0.15) is 5.82 Å². The van der Waals surface area contributed by atoms with Gasteiger partial charge in [-0.3, -0.25) is 0 Å². The number of halogens is 1. The number of nitrogens with zero attached hydrogens (tertiary/aromatic N) is 3. The topological polar surface area (TPSA) is 30.3 Å². The molecular formula is C15H20FN3. The molecule has 1 unspecified atom stereocenters. The van der Waals surface area contributed by atoms with Crippen LogP contribution in [-0.4, -0.2) is 37.6 Å². The molecule has 0 radical (unpaired) electrons. The highest BCUT2D eigenvalue weighted by molar-refractivity contribution is 5.53. The van der Waals surface area contributed by atoms with Crippen molar-refractivity contribution in [2.24, 2.45) is 0 Å². The fourth-order valence-corrected chi connectivity index (χ4v) is 2.74. The Morgan fingerprint density at radius 3 is 2.84 bits per heavy atom. The summed E-state index contributed by atoms with van der Waals surface area (Å²) in [4.78, 5) is 4.56. The van der Waals surface area contributed by atoms with Gasteiger partial charge < -0.3 is 9.80 Å². The van der Waals surface area contributed by atoms with Crippen molar-refractivity contribution in [3.8, 4) is 6.07 Å². The van der Waals surface area contributed by atoms with Crippen molar-refractivity contribution in [2.75, 3.05) is 31.6 Å². The molecule has 0 aromatic heterocycles. The predicted molar refractivity (Wildman–Crippen MR) is 74.7 cm³/mol. The second kappa shape index (κ2) is 6.03. The number of hydrogen-bond donors (Lipinski definition) is 0. The molecular weight excluding hydrogens is 241 g/mol. The Morgan fingerprint density at radius 2 is 2.16 bits per heavy atom. The molecule has 3 nitrogen and oxygen atoms in total. The Morgan fingerprint density at radius 1 is 1.37 bits per heavy atom. The van der Waals surface area contributed by atoms with E-state index in [0.29, 0.717) is 11.6 Å². The summed E-state index contributed by atoms with van der Waals surface area (Å²) in [5.41, 5.74) is 1.22. The average molecular weight is 261 g/mol. The van der Waals surface area contributed by atoms with Gasteiger partial charge in [0.2, 0.25) is 0 Å². The maximum absolute atomic E-state index is 13.6. The molecule has 0 spiro atoms. The molecule has 0 amide bonds. The lowest BCUT2D eigenvalue weighted by atomic mass is 10.1. The maximum atomic E-state index is 13.6. The van der Waals surface area contributed by atoms with Crippen LogP contribution in [0.25, 0.3) is 0 Å². The molecule has 1 saturated heterocycles. The predicted octanol–water partition coefficient (Wildman–Crippen LogP) is 2.62. The summed E-state index contributed by atoms with van der Waals surface area (Å²) in [6.07, 6.45) is 2.08. The van der Waals surface area contributed by atoms with Gasteiger partial charge in [0.05, 0.1) is 11.6 Å². The van der Waals surface area contributed by atoms with Crippen LogP contribution in [0.4, 0.5) is 10.1 Å². The largest absolute Gasteiger partial charge is 0.367 e. The minimum Gasteiger partial charge on any atom is -0.367 e. The van der Waals surface area contributed by atoms with E-state index in [9.17, 15) is 4.39 Å². The van der Waals surface area contributed by atoms with Crippen LogP contribution < -0.4 is 4.90 Å². The fraction of sp³-hybridized carbons (Fsp3) is 0.533. The number of nitriles is 1. The van der Waals surface area contributed by atoms with Crippen LogP contribution in [0.15, 0.2) is 18.2 Å². The van der Waals surface area contributed by atoms with Gasteiger partial charge in [-0.05, 0) is 44.6 Å². The normalized spacial score (nSPS) is 20.9. The number of anilines is 1. The summed E-state index contributed by atoms with van der Waals surface area (Å²) >= 11 is 0. The molecule has 19 heavy (non-hydrogen) atoms. The minimum absolute atomic E-state index is 0.332. The van der Waals surface area contributed by atoms with Gasteiger partial charge in [-0.1, -0.05) is 6.92 Å². The quantitative estimate of drug-likeness (QED) is 0.820. The lowest BCUT2D eigenvalue weighted by Crippen LogP contribution is -2.39. The van der Waals surface area contributed by atoms with Crippen molar-refractivity contribution in [3.05, 3.63) is 29.6 Å². The third-order valence-corrected chi connectivity index (χ3v) is 3.72. The molecule has 1 aromatic rings. The molecule has 0 saturated carbocycles. The summed E-state index contributed by atoms with van der Waals surface area (Å²) in [7, 11) is 2.12. The summed E-state index contributed by atoms with van der Waals surface area (Å²) in [5, 5.41) is 8.96. The van der Waals surface area contributed by atoms with Crippen LogP contribution >= 0.6 is 0 Å². The van der Waals surface area contributed by atoms with Gasteiger partial charge in [0, 0.05) is 24.8 Å². The summed E-state index contributed by atoms with van der Waals surface area (Å²) in [5.74, 6) is -0.332. The molecule has 102 valence electrons. The van der Waals surface area contributed by atoms with E-state index in [1.165, 1.54) is 12.1 Å². The first-order chi connectivity index (χ1) is 9.13. The van der Waals surface area contributed by atoms with Crippen molar-refractivity contribution in [1.29, 1.82) is 5.26 Å². The Kier molecular flexibility index (Phi) is 4.39. The van der Waals surface area contributed by atoms with Crippen molar-refractivity contribution in [2.45, 2.75) is 25.8 Å². The summed E-state index contributed by atoms with van der Waals surface area (Å²) in [6.45, 7) is 5.11. The van der Waals surface area contributed by atoms with Crippen LogP contribution in [0.2, 0.25) is 0 Å². The van der Waals surface area contributed by atoms with E-state index in [2.05, 4.69) is 23.8 Å². The Balaban J connectivity index is 2.32. The van der Waals surface area contributed by atoms with Gasteiger partial charge in [0.15, 0.2) is 0 Å². The first-order valence-corrected chi connectivity index (χ1v) is 6.80. The standard InChI is InChI=1S/C15H20FN3/c1-3-14-11-18(2)5-4-6-19(14)15-8-12(10-17)7-13(16)9-15/h7-9,14H,3-6,11H2,1-2H3. The van der Waals surface area contributed by atoms with Crippen molar-refractivity contribution in [1.82, 2.24) is 4.90 Å². The molecule has 0 aliphatic carbocycles. The zero-order chi connectivity index (χ0) is 13.8. The highest BCUT2D eigenvalue weighted by atomic mass is 19.1. The zero-order valence-electron chi connectivity index (χ0n) is 11.6. The highest BCUT2D eigenvalue weighted by Crippen LogP contribution is 2.24. The molecule has 0 N–H and O–H groups in total. The molecule has 2 rings (SSSR count). The van der Waals surface area contributed by atoms with E-state index >= 15 is 0 Å².